The van der Waals surface area contributed by atoms with Gasteiger partial charge in [0.05, 0.1) is 25.8 Å². The van der Waals surface area contributed by atoms with Crippen LogP contribution in [0.15, 0.2) is 72.8 Å². The summed E-state index contributed by atoms with van der Waals surface area (Å²) in [7, 11) is 2.97. The highest BCUT2D eigenvalue weighted by atomic mass is 16.5. The van der Waals surface area contributed by atoms with E-state index in [4.69, 9.17) is 9.47 Å². The molecule has 0 radical (unpaired) electrons. The Morgan fingerprint density at radius 2 is 1.73 bits per heavy atom. The van der Waals surface area contributed by atoms with Gasteiger partial charge in [0.25, 0.3) is 5.91 Å². The number of hydrogen-bond acceptors (Lipinski definition) is 4. The molecule has 1 N–H and O–H groups in total. The highest BCUT2D eigenvalue weighted by Crippen LogP contribution is 2.39. The van der Waals surface area contributed by atoms with Crippen LogP contribution in [0.1, 0.15) is 43.6 Å². The van der Waals surface area contributed by atoms with Crippen LogP contribution in [-0.2, 0) is 11.2 Å². The zero-order valence-corrected chi connectivity index (χ0v) is 18.5. The van der Waals surface area contributed by atoms with Crippen LogP contribution in [0.4, 0.5) is 0 Å². The van der Waals surface area contributed by atoms with E-state index in [9.17, 15) is 9.59 Å². The maximum Gasteiger partial charge on any atom is 0.337 e. The van der Waals surface area contributed by atoms with Crippen molar-refractivity contribution in [2.45, 2.75) is 12.5 Å². The van der Waals surface area contributed by atoms with Crippen LogP contribution in [0, 0.1) is 0 Å². The van der Waals surface area contributed by atoms with Gasteiger partial charge in [-0.05, 0) is 53.9 Å². The molecule has 33 heavy (non-hydrogen) atoms. The highest BCUT2D eigenvalue weighted by molar-refractivity contribution is 5.98. The molecule has 166 valence electrons. The molecule has 2 heterocycles. The average molecular weight is 440 g/mol. The standard InChI is InChI=1S/C27H24N2O4/c1-32-20-10-6-7-17(16-20)25-24-22(21-11-3-4-12-23(21)28-24)13-14-29(25)26(30)18-8-5-9-19(15-18)27(31)33-2/h3-12,15-16,25,28H,13-14H2,1-2H3/t25-/m1/s1. The predicted molar refractivity (Wildman–Crippen MR) is 126 cm³/mol. The minimum Gasteiger partial charge on any atom is -0.497 e. The summed E-state index contributed by atoms with van der Waals surface area (Å²) in [6, 6.07) is 22.4. The summed E-state index contributed by atoms with van der Waals surface area (Å²) in [6.45, 7) is 0.554. The Balaban J connectivity index is 1.63. The summed E-state index contributed by atoms with van der Waals surface area (Å²) < 4.78 is 10.3. The number of fused-ring (bicyclic) bond motifs is 3. The number of nitrogens with zero attached hydrogens (tertiary/aromatic N) is 1. The number of methoxy groups -OCH3 is 2. The van der Waals surface area contributed by atoms with E-state index in [1.165, 1.54) is 18.1 Å². The van der Waals surface area contributed by atoms with Crippen molar-refractivity contribution in [3.05, 3.63) is 101 Å². The Kier molecular flexibility index (Phi) is 5.34. The average Bonchev–Trinajstić information content (AvgIpc) is 3.26. The molecule has 0 fully saturated rings. The highest BCUT2D eigenvalue weighted by Gasteiger charge is 2.35. The van der Waals surface area contributed by atoms with Crippen LogP contribution in [0.25, 0.3) is 10.9 Å². The molecule has 0 spiro atoms. The molecule has 1 aliphatic rings. The number of amides is 1. The Hall–Kier alpha value is -4.06. The topological polar surface area (TPSA) is 71.6 Å². The van der Waals surface area contributed by atoms with E-state index in [2.05, 4.69) is 17.1 Å². The van der Waals surface area contributed by atoms with E-state index in [1.807, 2.05) is 41.3 Å². The number of para-hydroxylation sites is 1. The summed E-state index contributed by atoms with van der Waals surface area (Å²) in [5, 5.41) is 1.18. The number of esters is 1. The first-order valence-corrected chi connectivity index (χ1v) is 10.8. The minimum atomic E-state index is -0.467. The molecular formula is C27H24N2O4. The molecule has 6 nitrogen and oxygen atoms in total. The van der Waals surface area contributed by atoms with Crippen LogP contribution in [0.5, 0.6) is 5.75 Å². The van der Waals surface area contributed by atoms with Gasteiger partial charge in [-0.3, -0.25) is 4.79 Å². The van der Waals surface area contributed by atoms with Crippen LogP contribution in [0.2, 0.25) is 0 Å². The maximum atomic E-state index is 13.8. The van der Waals surface area contributed by atoms with Crippen molar-refractivity contribution in [2.24, 2.45) is 0 Å². The first kappa shape index (κ1) is 20.8. The summed E-state index contributed by atoms with van der Waals surface area (Å²) >= 11 is 0. The predicted octanol–water partition coefficient (Wildman–Crippen LogP) is 4.75. The lowest BCUT2D eigenvalue weighted by molar-refractivity contribution is 0.0600. The zero-order valence-electron chi connectivity index (χ0n) is 18.5. The Labute approximate surface area is 191 Å². The fraction of sp³-hybridized carbons (Fsp3) is 0.185. The number of ether oxygens (including phenoxy) is 2. The van der Waals surface area contributed by atoms with Crippen LogP contribution in [0.3, 0.4) is 0 Å². The second-order valence-corrected chi connectivity index (χ2v) is 8.06. The molecule has 0 aliphatic carbocycles. The van der Waals surface area contributed by atoms with Gasteiger partial charge in [0.15, 0.2) is 0 Å². The molecule has 0 saturated heterocycles. The second kappa shape index (κ2) is 8.47. The van der Waals surface area contributed by atoms with Gasteiger partial charge in [0.2, 0.25) is 0 Å². The van der Waals surface area contributed by atoms with Gasteiger partial charge in [-0.25, -0.2) is 4.79 Å². The summed E-state index contributed by atoms with van der Waals surface area (Å²) in [5.74, 6) is 0.124. The van der Waals surface area contributed by atoms with Crippen LogP contribution < -0.4 is 4.74 Å². The van der Waals surface area contributed by atoms with Crippen molar-refractivity contribution < 1.29 is 19.1 Å². The van der Waals surface area contributed by atoms with Crippen molar-refractivity contribution in [3.63, 3.8) is 0 Å². The first-order valence-electron chi connectivity index (χ1n) is 10.8. The zero-order chi connectivity index (χ0) is 22.9. The molecule has 1 aromatic heterocycles. The number of nitrogens with one attached hydrogen (secondary N) is 1. The van der Waals surface area contributed by atoms with Crippen molar-refractivity contribution in [2.75, 3.05) is 20.8 Å². The van der Waals surface area contributed by atoms with Crippen LogP contribution >= 0.6 is 0 Å². The smallest absolute Gasteiger partial charge is 0.337 e. The molecule has 5 rings (SSSR count). The van der Waals surface area contributed by atoms with Gasteiger partial charge in [0, 0.05) is 28.7 Å². The van der Waals surface area contributed by atoms with E-state index in [1.54, 1.807) is 31.4 Å². The quantitative estimate of drug-likeness (QED) is 0.465. The lowest BCUT2D eigenvalue weighted by Crippen LogP contribution is -2.40. The molecule has 1 atom stereocenters. The third-order valence-electron chi connectivity index (χ3n) is 6.24. The third kappa shape index (κ3) is 3.63. The molecule has 1 amide bonds. The first-order chi connectivity index (χ1) is 16.1. The maximum absolute atomic E-state index is 13.8. The lowest BCUT2D eigenvalue weighted by atomic mass is 9.91. The van der Waals surface area contributed by atoms with Crippen molar-refractivity contribution >= 4 is 22.8 Å². The number of hydrogen-bond donors (Lipinski definition) is 1. The van der Waals surface area contributed by atoms with Crippen molar-refractivity contribution in [3.8, 4) is 5.75 Å². The van der Waals surface area contributed by atoms with Gasteiger partial charge in [-0.15, -0.1) is 0 Å². The number of carbonyl (C=O) groups excluding carboxylic acids is 2. The molecule has 0 saturated carbocycles. The molecule has 4 aromatic rings. The van der Waals surface area contributed by atoms with Gasteiger partial charge in [-0.1, -0.05) is 36.4 Å². The minimum absolute atomic E-state index is 0.141. The number of aromatic amines is 1. The van der Waals surface area contributed by atoms with Gasteiger partial charge < -0.3 is 19.4 Å². The number of carbonyl (C=O) groups is 2. The van der Waals surface area contributed by atoms with Gasteiger partial charge in [-0.2, -0.15) is 0 Å². The molecular weight excluding hydrogens is 416 g/mol. The Bertz CT molecular complexity index is 1360. The normalized spacial score (nSPS) is 15.2. The molecule has 3 aromatic carbocycles. The molecule has 6 heteroatoms. The SMILES string of the molecule is COC(=O)c1cccc(C(=O)N2CCc3c([nH]c4ccccc34)[C@H]2c2cccc(OC)c2)c1. The number of rotatable bonds is 4. The van der Waals surface area contributed by atoms with E-state index in [-0.39, 0.29) is 11.9 Å². The van der Waals surface area contributed by atoms with E-state index in [0.717, 1.165) is 28.9 Å². The lowest BCUT2D eigenvalue weighted by Gasteiger charge is -2.36. The molecule has 0 bridgehead atoms. The van der Waals surface area contributed by atoms with E-state index in [0.29, 0.717) is 17.7 Å². The van der Waals surface area contributed by atoms with Gasteiger partial charge in [0.1, 0.15) is 5.75 Å². The van der Waals surface area contributed by atoms with Crippen molar-refractivity contribution in [1.82, 2.24) is 9.88 Å². The fourth-order valence-electron chi connectivity index (χ4n) is 4.68. The van der Waals surface area contributed by atoms with E-state index < -0.39 is 5.97 Å². The summed E-state index contributed by atoms with van der Waals surface area (Å²) in [6.07, 6.45) is 0.738. The fourth-order valence-corrected chi connectivity index (χ4v) is 4.68. The Morgan fingerprint density at radius 3 is 2.55 bits per heavy atom. The molecule has 0 unspecified atom stereocenters. The Morgan fingerprint density at radius 1 is 0.939 bits per heavy atom. The summed E-state index contributed by atoms with van der Waals surface area (Å²) in [5.41, 5.74) is 5.05. The number of H-pyrrole nitrogens is 1. The third-order valence-corrected chi connectivity index (χ3v) is 6.24. The van der Waals surface area contributed by atoms with Crippen LogP contribution in [-0.4, -0.2) is 42.5 Å². The largest absolute Gasteiger partial charge is 0.497 e. The molecule has 1 aliphatic heterocycles. The second-order valence-electron chi connectivity index (χ2n) is 8.06. The monoisotopic (exact) mass is 440 g/mol. The number of benzene rings is 3. The van der Waals surface area contributed by atoms with Crippen molar-refractivity contribution in [1.29, 1.82) is 0 Å². The summed E-state index contributed by atoms with van der Waals surface area (Å²) in [4.78, 5) is 31.2. The van der Waals surface area contributed by atoms with Gasteiger partial charge >= 0.3 is 5.97 Å². The van der Waals surface area contributed by atoms with E-state index >= 15 is 0 Å². The number of aromatic nitrogens is 1.